The third kappa shape index (κ3) is 2.15. The predicted octanol–water partition coefficient (Wildman–Crippen LogP) is 3.32. The summed E-state index contributed by atoms with van der Waals surface area (Å²) in [4.78, 5) is 25.3. The molecule has 2 fully saturated rings. The van der Waals surface area contributed by atoms with E-state index >= 15 is 0 Å². The van der Waals surface area contributed by atoms with Gasteiger partial charge in [0, 0.05) is 40.8 Å². The van der Waals surface area contributed by atoms with Crippen LogP contribution >= 0.6 is 0 Å². The maximum atomic E-state index is 12.9. The predicted molar refractivity (Wildman–Crippen MR) is 109 cm³/mol. The molecule has 5 rings (SSSR count). The maximum Gasteiger partial charge on any atom is 0.252 e. The summed E-state index contributed by atoms with van der Waals surface area (Å²) < 4.78 is 7.02. The van der Waals surface area contributed by atoms with Gasteiger partial charge in [0.15, 0.2) is 5.78 Å². The lowest BCUT2D eigenvalue weighted by molar-refractivity contribution is -0.223. The zero-order valence-electron chi connectivity index (χ0n) is 18.0. The minimum atomic E-state index is -1.01. The monoisotopic (exact) mass is 397 g/mol. The third-order valence-corrected chi connectivity index (χ3v) is 9.02. The molecule has 2 aliphatic carbocycles. The Morgan fingerprint density at radius 1 is 1.17 bits per heavy atom. The van der Waals surface area contributed by atoms with Crippen molar-refractivity contribution in [3.8, 4) is 5.75 Å². The van der Waals surface area contributed by atoms with E-state index in [4.69, 9.17) is 4.74 Å². The summed E-state index contributed by atoms with van der Waals surface area (Å²) in [5.41, 5.74) is 2.48. The number of ketones is 1. The molecule has 0 bridgehead atoms. The number of hydrogen-bond donors (Lipinski definition) is 2. The van der Waals surface area contributed by atoms with E-state index in [-0.39, 0.29) is 23.0 Å². The number of carbonyl (C=O) groups excluding carboxylic acids is 2. The lowest BCUT2D eigenvalue weighted by Gasteiger charge is -2.66. The van der Waals surface area contributed by atoms with Gasteiger partial charge in [-0.3, -0.25) is 9.59 Å². The molecule has 1 amide bonds. The normalized spacial score (nSPS) is 39.6. The number of rotatable bonds is 0. The Hall–Kier alpha value is -1.88. The van der Waals surface area contributed by atoms with Crippen molar-refractivity contribution >= 4 is 11.7 Å². The number of aliphatic hydroxyl groups excluding tert-OH is 1. The molecule has 5 heteroatoms. The molecule has 156 valence electrons. The van der Waals surface area contributed by atoms with Crippen LogP contribution in [-0.2, 0) is 17.8 Å². The first kappa shape index (κ1) is 19.1. The minimum Gasteiger partial charge on any atom is -0.486 e. The summed E-state index contributed by atoms with van der Waals surface area (Å²) in [5.74, 6) is 1.17. The molecule has 4 aliphatic rings. The van der Waals surface area contributed by atoms with Gasteiger partial charge >= 0.3 is 0 Å². The molecule has 0 saturated heterocycles. The number of amides is 1. The van der Waals surface area contributed by atoms with Crippen molar-refractivity contribution < 1.29 is 19.4 Å². The number of ether oxygens (including phenoxy) is 1. The summed E-state index contributed by atoms with van der Waals surface area (Å²) >= 11 is 0. The standard InChI is InChI=1S/C24H31NO4/c1-12-8-14-16(11-25-21(14)28)19-15(12)9-23(5)13(2)6-7-18-22(3,4)20(27)17(26)10-24(18,23)29-19/h8,13,17-18,26H,6-7,9-11H2,1-5H3,(H,25,28)/t13-,17?,18?,23+,24?/m0/s1. The summed E-state index contributed by atoms with van der Waals surface area (Å²) in [6, 6.07) is 2.00. The van der Waals surface area contributed by atoms with E-state index in [2.05, 4.69) is 26.1 Å². The van der Waals surface area contributed by atoms with Crippen LogP contribution in [0.4, 0.5) is 0 Å². The molecule has 2 aliphatic heterocycles. The van der Waals surface area contributed by atoms with Crippen LogP contribution < -0.4 is 10.1 Å². The molecule has 1 spiro atoms. The number of nitrogens with one attached hydrogen (secondary N) is 1. The van der Waals surface area contributed by atoms with Gasteiger partial charge in [-0.1, -0.05) is 27.7 Å². The zero-order chi connectivity index (χ0) is 20.9. The highest BCUT2D eigenvalue weighted by Crippen LogP contribution is 2.65. The summed E-state index contributed by atoms with van der Waals surface area (Å²) in [5, 5.41) is 13.8. The van der Waals surface area contributed by atoms with E-state index in [1.165, 1.54) is 5.56 Å². The fourth-order valence-corrected chi connectivity index (χ4v) is 7.05. The third-order valence-electron chi connectivity index (χ3n) is 9.02. The van der Waals surface area contributed by atoms with E-state index in [0.717, 1.165) is 36.1 Å². The molecule has 2 heterocycles. The molecule has 0 radical (unpaired) electrons. The van der Waals surface area contributed by atoms with Crippen molar-refractivity contribution in [1.82, 2.24) is 5.32 Å². The Morgan fingerprint density at radius 3 is 2.62 bits per heavy atom. The van der Waals surface area contributed by atoms with Crippen molar-refractivity contribution in [2.24, 2.45) is 22.7 Å². The highest BCUT2D eigenvalue weighted by atomic mass is 16.5. The van der Waals surface area contributed by atoms with Gasteiger partial charge in [0.1, 0.15) is 17.5 Å². The number of aryl methyl sites for hydroxylation is 1. The van der Waals surface area contributed by atoms with Gasteiger partial charge in [-0.2, -0.15) is 0 Å². The molecule has 0 aromatic heterocycles. The molecule has 2 N–H and O–H groups in total. The quantitative estimate of drug-likeness (QED) is 0.704. The molecule has 5 nitrogen and oxygen atoms in total. The minimum absolute atomic E-state index is 0.0430. The molecular weight excluding hydrogens is 366 g/mol. The van der Waals surface area contributed by atoms with Crippen LogP contribution in [0, 0.1) is 29.6 Å². The van der Waals surface area contributed by atoms with Gasteiger partial charge in [0.05, 0.1) is 0 Å². The Bertz CT molecular complexity index is 951. The smallest absolute Gasteiger partial charge is 0.252 e. The summed E-state index contributed by atoms with van der Waals surface area (Å²) in [6.07, 6.45) is 2.15. The Morgan fingerprint density at radius 2 is 1.90 bits per heavy atom. The molecule has 5 atom stereocenters. The molecule has 1 aromatic rings. The van der Waals surface area contributed by atoms with Gasteiger partial charge in [-0.15, -0.1) is 0 Å². The number of aliphatic hydroxyl groups is 1. The number of hydrogen-bond acceptors (Lipinski definition) is 4. The topological polar surface area (TPSA) is 75.6 Å². The highest BCUT2D eigenvalue weighted by Gasteiger charge is 2.69. The van der Waals surface area contributed by atoms with Crippen LogP contribution in [0.3, 0.4) is 0 Å². The Balaban J connectivity index is 1.76. The van der Waals surface area contributed by atoms with E-state index in [1.807, 2.05) is 19.9 Å². The van der Waals surface area contributed by atoms with E-state index < -0.39 is 17.1 Å². The summed E-state index contributed by atoms with van der Waals surface area (Å²) in [6.45, 7) is 11.1. The van der Waals surface area contributed by atoms with Crippen LogP contribution in [-0.4, -0.2) is 28.5 Å². The lowest BCUT2D eigenvalue weighted by Crippen LogP contribution is -2.72. The zero-order valence-corrected chi connectivity index (χ0v) is 18.0. The highest BCUT2D eigenvalue weighted by molar-refractivity contribution is 5.99. The van der Waals surface area contributed by atoms with Gasteiger partial charge in [-0.25, -0.2) is 0 Å². The SMILES string of the molecule is Cc1cc2c(c3c1C[C@]1(C)[C@@H](C)CCC4C(C)(C)C(=O)C(O)CC41O3)CNC2=O. The van der Waals surface area contributed by atoms with Crippen molar-refractivity contribution in [1.29, 1.82) is 0 Å². The fourth-order valence-electron chi connectivity index (χ4n) is 7.05. The van der Waals surface area contributed by atoms with Crippen LogP contribution in [0.2, 0.25) is 0 Å². The first-order valence-electron chi connectivity index (χ1n) is 10.9. The first-order chi connectivity index (χ1) is 13.5. The van der Waals surface area contributed by atoms with Gasteiger partial charge in [0.2, 0.25) is 0 Å². The fraction of sp³-hybridized carbons (Fsp3) is 0.667. The van der Waals surface area contributed by atoms with Crippen molar-refractivity contribution in [2.75, 3.05) is 0 Å². The molecular formula is C24H31NO4. The van der Waals surface area contributed by atoms with Gasteiger partial charge in [-0.05, 0) is 49.3 Å². The average molecular weight is 398 g/mol. The summed E-state index contributed by atoms with van der Waals surface area (Å²) in [7, 11) is 0. The Kier molecular flexibility index (Phi) is 3.71. The van der Waals surface area contributed by atoms with Gasteiger partial charge in [0.25, 0.3) is 5.91 Å². The second-order valence-electron chi connectivity index (χ2n) is 10.6. The number of Topliss-reactive ketones (excluding diaryl/α,β-unsaturated/α-hetero) is 1. The van der Waals surface area contributed by atoms with Gasteiger partial charge < -0.3 is 15.2 Å². The molecule has 3 unspecified atom stereocenters. The number of fused-ring (bicyclic) bond motifs is 3. The average Bonchev–Trinajstić information content (AvgIpc) is 3.01. The van der Waals surface area contributed by atoms with E-state index in [9.17, 15) is 14.7 Å². The molecule has 2 saturated carbocycles. The second-order valence-corrected chi connectivity index (χ2v) is 10.6. The molecule has 1 aromatic carbocycles. The van der Waals surface area contributed by atoms with Crippen LogP contribution in [0.15, 0.2) is 6.07 Å². The van der Waals surface area contributed by atoms with Crippen molar-refractivity contribution in [2.45, 2.75) is 78.6 Å². The largest absolute Gasteiger partial charge is 0.486 e. The first-order valence-corrected chi connectivity index (χ1v) is 10.9. The molecule has 29 heavy (non-hydrogen) atoms. The van der Waals surface area contributed by atoms with Crippen LogP contribution in [0.25, 0.3) is 0 Å². The van der Waals surface area contributed by atoms with E-state index in [0.29, 0.717) is 24.4 Å². The van der Waals surface area contributed by atoms with Crippen LogP contribution in [0.1, 0.15) is 74.0 Å². The second kappa shape index (κ2) is 5.63. The lowest BCUT2D eigenvalue weighted by atomic mass is 9.43. The number of benzene rings is 1. The maximum absolute atomic E-state index is 12.9. The van der Waals surface area contributed by atoms with Crippen molar-refractivity contribution in [3.63, 3.8) is 0 Å². The van der Waals surface area contributed by atoms with Crippen LogP contribution in [0.5, 0.6) is 5.75 Å². The number of carbonyl (C=O) groups is 2. The van der Waals surface area contributed by atoms with E-state index in [1.54, 1.807) is 0 Å². The van der Waals surface area contributed by atoms with Crippen molar-refractivity contribution in [3.05, 3.63) is 28.3 Å². The Labute approximate surface area is 172 Å².